The molecule has 25 aromatic rings. The molecule has 0 saturated carbocycles. The molecule has 0 unspecified atom stereocenters. The summed E-state index contributed by atoms with van der Waals surface area (Å²) in [6, 6.07) is 61.8. The lowest BCUT2D eigenvalue weighted by atomic mass is 10.1. The van der Waals surface area contributed by atoms with Gasteiger partial charge in [0.05, 0.1) is 122 Å². The first-order chi connectivity index (χ1) is 70.2. The molecule has 0 atom stereocenters. The summed E-state index contributed by atoms with van der Waals surface area (Å²) < 4.78 is 21.2. The third-order valence-corrected chi connectivity index (χ3v) is 31.0. The van der Waals surface area contributed by atoms with Crippen LogP contribution in [0.5, 0.6) is 11.5 Å². The van der Waals surface area contributed by atoms with E-state index in [-0.39, 0.29) is 18.6 Å². The van der Waals surface area contributed by atoms with Gasteiger partial charge in [-0.25, -0.2) is 67.9 Å². The Kier molecular flexibility index (Phi) is 26.4. The Balaban J connectivity index is 0.000000103. The molecule has 1 fully saturated rings. The quantitative estimate of drug-likeness (QED) is 0.0331. The summed E-state index contributed by atoms with van der Waals surface area (Å²) in [5, 5.41) is 46.8. The SMILES string of the molecule is Cc1[nH]n2ccc(=O)cc2c1-c1nc(-c2ccccc2)c(-c2ncc[nH]2)s1.Cc1nc(-c2sc(-c3c(C)nn4ccsc34)nc2-c2ccccc2)n[nH]1.Cc1nn2ccc(OCCN3CCCCC3)cc2c1-c1nc(-c2ccccc2)c(-c2ncc[nH]2)s1.Cc1nn2ccc(OCCO)cc2c1-c1nc(-c2ccccc2)c(-c2ncc[nH]2)s1.Cc1nn2ccsc2c1-c1nc(-c2ccccc2)c(-c2ncc[nH]2)s1. The average Bonchev–Trinajstić information content (AvgIpc) is 1.62. The van der Waals surface area contributed by atoms with E-state index in [0.717, 1.165) is 230 Å². The van der Waals surface area contributed by atoms with E-state index in [4.69, 9.17) is 44.6 Å². The summed E-state index contributed by atoms with van der Waals surface area (Å²) in [5.74, 6) is 6.25. The number of fused-ring (bicyclic) bond motifs is 5. The van der Waals surface area contributed by atoms with Crippen molar-refractivity contribution in [2.24, 2.45) is 0 Å². The van der Waals surface area contributed by atoms with Gasteiger partial charge in [-0.2, -0.15) is 25.5 Å². The van der Waals surface area contributed by atoms with Gasteiger partial charge < -0.3 is 34.5 Å². The van der Waals surface area contributed by atoms with Gasteiger partial charge in [0.25, 0.3) is 0 Å². The fraction of sp³-hybridized carbons (Fsp3) is 0.143. The molecule has 0 bridgehead atoms. The number of piperidine rings is 1. The molecular formula is C105H89N27O4S7. The van der Waals surface area contributed by atoms with Crippen molar-refractivity contribution in [2.45, 2.75) is 60.8 Å². The molecule has 0 aliphatic carbocycles. The van der Waals surface area contributed by atoms with Gasteiger partial charge in [-0.05, 0) is 79.6 Å². The Morgan fingerprint density at radius 1 is 0.378 bits per heavy atom. The van der Waals surface area contributed by atoms with Crippen molar-refractivity contribution in [2.75, 3.05) is 39.5 Å². The maximum absolute atomic E-state index is 11.9. The summed E-state index contributed by atoms with van der Waals surface area (Å²) in [7, 11) is 0. The number of aryl methyl sites for hydroxylation is 6. The van der Waals surface area contributed by atoms with Gasteiger partial charge in [0.2, 0.25) is 0 Å². The maximum atomic E-state index is 11.9. The summed E-state index contributed by atoms with van der Waals surface area (Å²) in [6.07, 6.45) is 27.8. The fourth-order valence-corrected chi connectivity index (χ4v) is 24.9. The highest BCUT2D eigenvalue weighted by Gasteiger charge is 2.30. The van der Waals surface area contributed by atoms with Crippen molar-refractivity contribution >= 4 is 106 Å². The molecule has 7 N–H and O–H groups in total. The molecule has 1 saturated heterocycles. The monoisotopic (exact) mass is 2020 g/mol. The number of hydrogen-bond acceptors (Lipinski definition) is 27. The van der Waals surface area contributed by atoms with Crippen molar-refractivity contribution < 1.29 is 14.6 Å². The van der Waals surface area contributed by atoms with Gasteiger partial charge in [0, 0.05) is 156 Å². The van der Waals surface area contributed by atoms with Crippen molar-refractivity contribution in [1.82, 2.24) is 133 Å². The van der Waals surface area contributed by atoms with Crippen LogP contribution in [-0.4, -0.2) is 178 Å². The van der Waals surface area contributed by atoms with Crippen LogP contribution in [0.1, 0.15) is 53.6 Å². The number of aromatic amines is 6. The molecule has 31 nitrogen and oxygen atoms in total. The van der Waals surface area contributed by atoms with Crippen LogP contribution in [0.3, 0.4) is 0 Å². The van der Waals surface area contributed by atoms with Gasteiger partial charge >= 0.3 is 0 Å². The van der Waals surface area contributed by atoms with E-state index in [2.05, 4.69) is 135 Å². The first-order valence-electron chi connectivity index (χ1n) is 46.1. The number of H-pyrrole nitrogens is 6. The van der Waals surface area contributed by atoms with Crippen LogP contribution >= 0.6 is 79.4 Å². The highest BCUT2D eigenvalue weighted by molar-refractivity contribution is 7.21. The molecule has 710 valence electrons. The van der Waals surface area contributed by atoms with Crippen molar-refractivity contribution in [3.63, 3.8) is 0 Å². The van der Waals surface area contributed by atoms with E-state index in [0.29, 0.717) is 18.2 Å². The van der Waals surface area contributed by atoms with Crippen molar-refractivity contribution in [1.29, 1.82) is 0 Å². The zero-order valence-electron chi connectivity index (χ0n) is 77.8. The fourth-order valence-electron chi connectivity index (χ4n) is 17.3. The Labute approximate surface area is 844 Å². The molecule has 21 heterocycles. The number of rotatable bonds is 22. The minimum absolute atomic E-state index is 0.0265. The van der Waals surface area contributed by atoms with E-state index in [9.17, 15) is 4.79 Å². The first kappa shape index (κ1) is 92.0. The number of aliphatic hydroxyl groups is 1. The Morgan fingerprint density at radius 2 is 0.748 bits per heavy atom. The molecule has 20 aromatic heterocycles. The lowest BCUT2D eigenvalue weighted by Crippen LogP contribution is -2.33. The second-order valence-electron chi connectivity index (χ2n) is 33.4. The smallest absolute Gasteiger partial charge is 0.193 e. The second-order valence-corrected chi connectivity index (χ2v) is 40.2. The predicted molar refractivity (Wildman–Crippen MR) is 570 cm³/mol. The number of thiazole rings is 7. The van der Waals surface area contributed by atoms with E-state index >= 15 is 0 Å². The topological polar surface area (TPSA) is 369 Å². The summed E-state index contributed by atoms with van der Waals surface area (Å²) in [5.41, 5.74) is 22.4. The summed E-state index contributed by atoms with van der Waals surface area (Å²) in [4.78, 5) is 81.8. The number of ether oxygens (including phenoxy) is 2. The van der Waals surface area contributed by atoms with Gasteiger partial charge in [-0.1, -0.05) is 158 Å². The largest absolute Gasteiger partial charge is 0.492 e. The van der Waals surface area contributed by atoms with Crippen LogP contribution in [0, 0.1) is 41.5 Å². The number of hydrogen-bond donors (Lipinski definition) is 7. The van der Waals surface area contributed by atoms with Gasteiger partial charge in [-0.15, -0.1) is 79.4 Å². The predicted octanol–water partition coefficient (Wildman–Crippen LogP) is 23.5. The van der Waals surface area contributed by atoms with Crippen molar-refractivity contribution in [3.8, 4) is 174 Å². The number of likely N-dealkylation sites (tertiary alicyclic amines) is 1. The number of aliphatic hydroxyl groups excluding tert-OH is 1. The van der Waals surface area contributed by atoms with Crippen LogP contribution in [0.2, 0.25) is 0 Å². The van der Waals surface area contributed by atoms with E-state index in [1.165, 1.54) is 38.4 Å². The van der Waals surface area contributed by atoms with E-state index in [1.807, 2.05) is 240 Å². The van der Waals surface area contributed by atoms with Crippen LogP contribution in [-0.2, 0) is 0 Å². The zero-order chi connectivity index (χ0) is 97.0. The average molecular weight is 2020 g/mol. The molecule has 0 amide bonds. The molecule has 5 aromatic carbocycles. The molecule has 0 radical (unpaired) electrons. The Bertz CT molecular complexity index is 8710. The van der Waals surface area contributed by atoms with E-state index < -0.39 is 0 Å². The number of imidazole rings is 4. The maximum Gasteiger partial charge on any atom is 0.193 e. The number of benzene rings is 5. The summed E-state index contributed by atoms with van der Waals surface area (Å²) in [6.45, 7) is 16.2. The number of aromatic nitrogens is 26. The Morgan fingerprint density at radius 3 is 1.13 bits per heavy atom. The molecule has 0 spiro atoms. The minimum atomic E-state index is -0.0320. The molecule has 26 rings (SSSR count). The molecule has 38 heteroatoms. The third kappa shape index (κ3) is 19.1. The normalized spacial score (nSPS) is 12.1. The first-order valence-corrected chi connectivity index (χ1v) is 51.9. The lowest BCUT2D eigenvalue weighted by molar-refractivity contribution is 0.183. The van der Waals surface area contributed by atoms with Gasteiger partial charge in [0.1, 0.15) is 93.4 Å². The number of pyridine rings is 3. The highest BCUT2D eigenvalue weighted by atomic mass is 32.1. The summed E-state index contributed by atoms with van der Waals surface area (Å²) >= 11 is 11.4. The van der Waals surface area contributed by atoms with Gasteiger partial charge in [0.15, 0.2) is 11.3 Å². The molecule has 143 heavy (non-hydrogen) atoms. The number of nitrogens with one attached hydrogen (secondary N) is 6. The number of nitrogens with zero attached hydrogens (tertiary/aromatic N) is 21. The lowest BCUT2D eigenvalue weighted by Gasteiger charge is -2.26. The standard InChI is InChI=1S/C27H28N6OS.C22H19N5O2S.C20H15N5OS.C18H14N6S2.C18H13N5S2/c1-19-23(22-18-21(10-15-33(22)31-19)34-17-16-32-13-6-3-7-14-32)27-30-24(20-8-4-2-5-9-20)25(35-27)26-28-11-12-29-26;1-14-18(17-13-16(29-12-11-28)7-10-27(17)26-14)22-25-19(15-5-3-2-4-6-15)20(30-22)21-23-8-9-24-21;1-12-16(15-11-14(26)7-10-25(15)24-12)20-23-17(13-5-3-2-4-6-13)18(27-20)19-21-8-9-22-19;1-10-13(18-24(23-10)8-9-25-18)17-20-14(12-6-4-3-5-7-12)15(26-17)16-19-11(2)21-22-16;1-11-13(18-23(22-11)9-10-24-18)17-21-14(12-5-3-2-4-6-12)15(25-17)16-19-7-8-20-16/h2,4-5,8-12,15,18H,3,6-7,13-14,16-17H2,1H3,(H,28,29);2-10,13,28H,11-12H2,1H3,(H,23,24);2-11,24H,1H3,(H,21,22);3-9H,1-2H3,(H,19,21,22);2-10H,1H3,(H,19,20). The zero-order valence-corrected chi connectivity index (χ0v) is 83.6. The Hall–Kier alpha value is -16.0. The van der Waals surface area contributed by atoms with Gasteiger partial charge in [-0.3, -0.25) is 24.4 Å². The van der Waals surface area contributed by atoms with Crippen LogP contribution in [0.25, 0.3) is 189 Å². The molecule has 1 aliphatic rings. The van der Waals surface area contributed by atoms with Crippen LogP contribution in [0.15, 0.2) is 284 Å². The molecule has 1 aliphatic heterocycles. The van der Waals surface area contributed by atoms with Crippen LogP contribution in [0.4, 0.5) is 0 Å². The van der Waals surface area contributed by atoms with Crippen molar-refractivity contribution in [3.05, 3.63) is 324 Å². The highest BCUT2D eigenvalue weighted by Crippen LogP contribution is 2.49. The minimum Gasteiger partial charge on any atom is -0.492 e. The second kappa shape index (κ2) is 41.0. The van der Waals surface area contributed by atoms with Crippen LogP contribution < -0.4 is 14.9 Å². The third-order valence-electron chi connectivity index (χ3n) is 23.8. The van der Waals surface area contributed by atoms with E-state index in [1.54, 1.807) is 123 Å². The molecular weight excluding hydrogens is 1930 g/mol.